The third-order valence-corrected chi connectivity index (χ3v) is 23.6. The summed E-state index contributed by atoms with van der Waals surface area (Å²) >= 11 is 1.19. The third-order valence-electron chi connectivity index (χ3n) is 23.0. The van der Waals surface area contributed by atoms with Gasteiger partial charge in [-0.3, -0.25) is 105 Å². The van der Waals surface area contributed by atoms with Crippen molar-refractivity contribution in [2.24, 2.45) is 52.9 Å². The molecule has 0 bridgehead atoms. The number of nitrogens with zero attached hydrogens (tertiary/aromatic N) is 1. The fourth-order valence-corrected chi connectivity index (χ4v) is 15.8. The number of carboxylic acids is 3. The number of nitrogens with two attached hydrogens (primary N) is 2. The standard InChI is InChI=1S/C95H157N21O32S/c1-45(2)30-58(104-83(135)60(32-47(5)6)106-85(137)62(34-49(9)10)108-88(140)66(38-76(128)129)111-86(138)63(35-50(11)12)107-84(136)61(33-48(7)8)105-82(134)59(31-46(3)4)103-78(130)55(96)23-25-72(97)123)80(132)99-40-74(125)101-67(41-117)90(142)110-65(37-53-19-21-54(122)22-20-53)87(139)102-56(24-26-75(126)127)79(131)98-39-73(124)100-57(27-29-149-16)81(133)112-68(42-118)91(143)109-64(36-51(13)14)89(141)115-77(52(15)121)93(145)113-69(43-119)92(144)114-70(44-120)94(146)116-28-17-18-71(116)95(147)148/h19-22,45-52,55-71,77,117-122H,17-18,23-44,96H2,1-16H3,(H2,97,123)(H,98,131)(H,99,132)(H,100,124)(H,101,125)(H,102,139)(H,103,130)(H,104,135)(H,105,134)(H,106,137)(H,107,136)(H,108,140)(H,109,143)(H,110,142)(H,111,138)(H,112,133)(H,113,145)(H,114,144)(H,115,141)(H,126,127)(H,128,129)(H,147,148)/t52-,55+,56+,57+,58+,59+,60+,61+,62+,63+,64+,65+,66+,67+,68+,69+,70+,71+,77+/m1/s1. The number of aromatic hydroxyl groups is 1. The van der Waals surface area contributed by atoms with Crippen molar-refractivity contribution in [3.05, 3.63) is 29.8 Å². The predicted molar refractivity (Wildman–Crippen MR) is 536 cm³/mol. The number of carbonyl (C=O) groups excluding carboxylic acids is 20. The first-order valence-electron chi connectivity index (χ1n) is 49.5. The van der Waals surface area contributed by atoms with E-state index in [2.05, 4.69) is 95.7 Å². The number of carboxylic acid groups (broad SMARTS) is 3. The maximum absolute atomic E-state index is 14.6. The number of rotatable bonds is 70. The number of hydrogen-bond acceptors (Lipinski definition) is 31. The first kappa shape index (κ1) is 132. The number of phenols is 1. The Kier molecular flexibility index (Phi) is 59.4. The van der Waals surface area contributed by atoms with Crippen molar-refractivity contribution in [2.75, 3.05) is 58.1 Å². The molecule has 53 nitrogen and oxygen atoms in total. The van der Waals surface area contributed by atoms with Crippen molar-refractivity contribution in [2.45, 2.75) is 321 Å². The number of aliphatic hydroxyl groups excluding tert-OH is 5. The molecule has 31 N–H and O–H groups in total. The monoisotopic (exact) mass is 2140 g/mol. The summed E-state index contributed by atoms with van der Waals surface area (Å²) in [5.74, 6) is -27.9. The van der Waals surface area contributed by atoms with E-state index >= 15 is 0 Å². The number of carbonyl (C=O) groups is 23. The van der Waals surface area contributed by atoms with E-state index in [1.54, 1.807) is 103 Å². The molecule has 1 aliphatic rings. The molecule has 1 aromatic rings. The maximum atomic E-state index is 14.6. The molecule has 1 aromatic carbocycles. The van der Waals surface area contributed by atoms with E-state index in [0.29, 0.717) is 6.42 Å². The van der Waals surface area contributed by atoms with Crippen molar-refractivity contribution >= 4 is 148 Å². The van der Waals surface area contributed by atoms with Crippen LogP contribution in [0.5, 0.6) is 5.75 Å². The second-order valence-electron chi connectivity index (χ2n) is 39.7. The van der Waals surface area contributed by atoms with E-state index < -0.39 is 328 Å². The van der Waals surface area contributed by atoms with Crippen molar-refractivity contribution in [1.82, 2.24) is 101 Å². The third kappa shape index (κ3) is 49.8. The molecular formula is C95H157N21O32S. The second-order valence-corrected chi connectivity index (χ2v) is 40.6. The number of benzene rings is 1. The molecule has 0 aliphatic carbocycles. The topological polar surface area (TPSA) is 847 Å². The molecule has 0 saturated carbocycles. The summed E-state index contributed by atoms with van der Waals surface area (Å²) in [5.41, 5.74) is 11.5. The zero-order chi connectivity index (χ0) is 113. The van der Waals surface area contributed by atoms with E-state index in [0.717, 1.165) is 11.8 Å². The van der Waals surface area contributed by atoms with Gasteiger partial charge in [-0.25, -0.2) is 4.79 Å². The summed E-state index contributed by atoms with van der Waals surface area (Å²) in [6.45, 7) is 18.5. The van der Waals surface area contributed by atoms with Crippen LogP contribution in [-0.2, 0) is 117 Å². The number of thioether (sulfide) groups is 1. The van der Waals surface area contributed by atoms with Crippen molar-refractivity contribution < 1.29 is 156 Å². The number of aliphatic carboxylic acids is 3. The molecule has 1 aliphatic heterocycles. The van der Waals surface area contributed by atoms with Gasteiger partial charge >= 0.3 is 17.9 Å². The molecule has 20 amide bonds. The lowest BCUT2D eigenvalue weighted by Gasteiger charge is -2.29. The SMILES string of the molecule is CSCC[C@H](NC(=O)CNC(=O)[C@H](CCC(=O)O)NC(=O)[C@H](Cc1ccc(O)cc1)NC(=O)[C@H](CO)NC(=O)CNC(=O)[C@H](CC(C)C)NC(=O)[C@H](CC(C)C)NC(=O)[C@H](CC(C)C)NC(=O)[C@H](CC(=O)O)NC(=O)[C@H](CC(C)C)NC(=O)[C@H](CC(C)C)NC(=O)[C@H](CC(C)C)NC(=O)[C@@H](N)CCC(N)=O)C(=O)N[C@@H](CO)C(=O)N[C@@H](CC(C)C)C(=O)N[C@H](C(=O)N[C@@H](CO)C(=O)N[C@@H](CO)C(=O)N1CCC[C@H]1C(=O)O)[C@@H](C)O. The van der Waals surface area contributed by atoms with Crippen molar-refractivity contribution in [3.8, 4) is 5.75 Å². The zero-order valence-electron chi connectivity index (χ0n) is 87.2. The van der Waals surface area contributed by atoms with Gasteiger partial charge in [0.2, 0.25) is 118 Å². The van der Waals surface area contributed by atoms with E-state index in [-0.39, 0.29) is 124 Å². The highest BCUT2D eigenvalue weighted by molar-refractivity contribution is 7.98. The van der Waals surface area contributed by atoms with Gasteiger partial charge in [0.15, 0.2) is 0 Å². The lowest BCUT2D eigenvalue weighted by atomic mass is 9.98. The Hall–Kier alpha value is -13.1. The van der Waals surface area contributed by atoms with Crippen LogP contribution < -0.4 is 107 Å². The largest absolute Gasteiger partial charge is 0.508 e. The molecule has 2 rings (SSSR count). The number of aliphatic hydroxyl groups is 5. The van der Waals surface area contributed by atoms with Crippen molar-refractivity contribution in [1.29, 1.82) is 0 Å². The minimum absolute atomic E-state index is 0.0142. The highest BCUT2D eigenvalue weighted by Gasteiger charge is 2.43. The number of phenolic OH excluding ortho intramolecular Hbond substituents is 1. The van der Waals surface area contributed by atoms with Gasteiger partial charge in [-0.2, -0.15) is 11.8 Å². The maximum Gasteiger partial charge on any atom is 0.326 e. The van der Waals surface area contributed by atoms with Gasteiger partial charge in [0.1, 0.15) is 108 Å². The molecule has 0 aromatic heterocycles. The number of nitrogens with one attached hydrogen (secondary N) is 18. The summed E-state index contributed by atoms with van der Waals surface area (Å²) in [6.07, 6.45) is -3.80. The Bertz CT molecular complexity index is 4680. The van der Waals surface area contributed by atoms with Crippen LogP contribution in [-0.4, -0.2) is 360 Å². The molecule has 840 valence electrons. The quantitative estimate of drug-likeness (QED) is 0.0288. The minimum Gasteiger partial charge on any atom is -0.508 e. The Morgan fingerprint density at radius 1 is 0.356 bits per heavy atom. The highest BCUT2D eigenvalue weighted by Crippen LogP contribution is 2.22. The van der Waals surface area contributed by atoms with E-state index in [4.69, 9.17) is 11.5 Å². The Morgan fingerprint density at radius 3 is 1.02 bits per heavy atom. The average molecular weight is 2140 g/mol. The Morgan fingerprint density at radius 2 is 0.658 bits per heavy atom. The van der Waals surface area contributed by atoms with Gasteiger partial charge in [0, 0.05) is 25.8 Å². The molecule has 0 radical (unpaired) electrons. The first-order valence-corrected chi connectivity index (χ1v) is 50.9. The fourth-order valence-electron chi connectivity index (χ4n) is 15.4. The Labute approximate surface area is 868 Å². The predicted octanol–water partition coefficient (Wildman–Crippen LogP) is -7.64. The Balaban J connectivity index is 2.38. The van der Waals surface area contributed by atoms with Crippen LogP contribution in [0.3, 0.4) is 0 Å². The molecule has 1 saturated heterocycles. The van der Waals surface area contributed by atoms with Crippen LogP contribution in [0.2, 0.25) is 0 Å². The molecule has 149 heavy (non-hydrogen) atoms. The number of primary amides is 1. The number of amides is 20. The summed E-state index contributed by atoms with van der Waals surface area (Å²) in [7, 11) is 0. The molecule has 0 spiro atoms. The highest BCUT2D eigenvalue weighted by atomic mass is 32.2. The normalized spacial score (nSPS) is 16.0. The second kappa shape index (κ2) is 67.1. The van der Waals surface area contributed by atoms with E-state index in [1.165, 1.54) is 36.0 Å². The van der Waals surface area contributed by atoms with E-state index in [1.807, 2.05) is 0 Å². The molecule has 54 heteroatoms. The van der Waals surface area contributed by atoms with Gasteiger partial charge in [-0.15, -0.1) is 0 Å². The van der Waals surface area contributed by atoms with Crippen LogP contribution in [0.1, 0.15) is 206 Å². The zero-order valence-corrected chi connectivity index (χ0v) is 88.0. The van der Waals surface area contributed by atoms with Gasteiger partial charge in [0.25, 0.3) is 0 Å². The summed E-state index contributed by atoms with van der Waals surface area (Å²) in [6, 6.07) is -24.0. The van der Waals surface area contributed by atoms with Crippen LogP contribution in [0.15, 0.2) is 24.3 Å². The lowest BCUT2D eigenvalue weighted by molar-refractivity contribution is -0.150. The summed E-state index contributed by atoms with van der Waals surface area (Å²) in [4.78, 5) is 314. The molecule has 0 unspecified atom stereocenters. The van der Waals surface area contributed by atoms with Crippen molar-refractivity contribution in [3.63, 3.8) is 0 Å². The molecule has 19 atom stereocenters. The fraction of sp³-hybridized carbons (Fsp3) is 0.695. The van der Waals surface area contributed by atoms with Crippen LogP contribution >= 0.6 is 11.8 Å². The molecule has 1 heterocycles. The first-order chi connectivity index (χ1) is 69.7. The molecule has 1 fully saturated rings. The minimum atomic E-state index is -1.94. The number of hydrogen-bond donors (Lipinski definition) is 29. The smallest absolute Gasteiger partial charge is 0.326 e. The average Bonchev–Trinajstić information content (AvgIpc) is 1.69. The van der Waals surface area contributed by atoms with E-state index in [9.17, 15) is 156 Å². The molecular weight excluding hydrogens is 1980 g/mol. The number of likely N-dealkylation sites (tertiary alicyclic amines) is 1. The van der Waals surface area contributed by atoms with Gasteiger partial charge < -0.3 is 158 Å². The lowest BCUT2D eigenvalue weighted by Crippen LogP contribution is -2.62. The van der Waals surface area contributed by atoms with Gasteiger partial charge in [-0.1, -0.05) is 109 Å². The van der Waals surface area contributed by atoms with Crippen LogP contribution in [0, 0.1) is 41.4 Å². The summed E-state index contributed by atoms with van der Waals surface area (Å²) in [5, 5.41) is 135. The van der Waals surface area contributed by atoms with Crippen LogP contribution in [0.4, 0.5) is 0 Å². The van der Waals surface area contributed by atoms with Crippen LogP contribution in [0.25, 0.3) is 0 Å². The van der Waals surface area contributed by atoms with Gasteiger partial charge in [-0.05, 0) is 155 Å². The van der Waals surface area contributed by atoms with Gasteiger partial charge in [0.05, 0.1) is 58.1 Å². The summed E-state index contributed by atoms with van der Waals surface area (Å²) < 4.78 is 0.